The Kier molecular flexibility index (Phi) is 26.8. The van der Waals surface area contributed by atoms with Gasteiger partial charge in [0.2, 0.25) is 17.6 Å². The number of hydrogen-bond acceptors (Lipinski definition) is 20. The molecule has 4 amide bonds. The maximum atomic E-state index is 14.8. The zero-order chi connectivity index (χ0) is 75.7. The van der Waals surface area contributed by atoms with E-state index in [9.17, 15) is 48.3 Å². The SMILES string of the molecule is CC(=O)Oc1ccc(C[C@H](NC(=O)[C@H](CCC(=O)OCc2ccccc2)NC(=O)OCc2cccc(-c3cccc(COC(=O)[C@H](Cc4ccc(O)c(OCc5ccccc5)c4)NC(=O)[C@H](Cc4ccc5c(c4)OC(C)(C)O5)NC(=O)OCc4ccccc4)c3)c2)C(=O)OCc2ccccc2)cc1OC(C)=O. The van der Waals surface area contributed by atoms with Gasteiger partial charge >= 0.3 is 42.0 Å². The van der Waals surface area contributed by atoms with Crippen molar-refractivity contribution in [3.8, 4) is 45.6 Å². The maximum Gasteiger partial charge on any atom is 0.408 e. The predicted molar refractivity (Wildman–Crippen MR) is 389 cm³/mol. The third-order valence-electron chi connectivity index (χ3n) is 16.5. The molecule has 9 aromatic rings. The number of fused-ring (bicyclic) bond motifs is 1. The largest absolute Gasteiger partial charge is 0.504 e. The Morgan fingerprint density at radius 2 is 0.785 bits per heavy atom. The van der Waals surface area contributed by atoms with E-state index in [1.54, 1.807) is 159 Å². The first-order valence-corrected chi connectivity index (χ1v) is 34.4. The Bertz CT molecular complexity index is 4600. The van der Waals surface area contributed by atoms with Gasteiger partial charge in [-0.1, -0.05) is 176 Å². The van der Waals surface area contributed by atoms with Crippen LogP contribution in [0.2, 0.25) is 0 Å². The van der Waals surface area contributed by atoms with Gasteiger partial charge in [0.05, 0.1) is 0 Å². The molecule has 0 bridgehead atoms. The number of esters is 5. The molecule has 1 aliphatic rings. The second kappa shape index (κ2) is 37.4. The molecular formula is C83H80N4O20. The van der Waals surface area contributed by atoms with Crippen molar-refractivity contribution >= 4 is 53.8 Å². The third kappa shape index (κ3) is 24.0. The second-order valence-corrected chi connectivity index (χ2v) is 25.5. The molecule has 0 saturated heterocycles. The lowest BCUT2D eigenvalue weighted by atomic mass is 10.0. The van der Waals surface area contributed by atoms with Crippen LogP contribution in [-0.2, 0) is 116 Å². The van der Waals surface area contributed by atoms with Gasteiger partial charge in [0.25, 0.3) is 0 Å². The van der Waals surface area contributed by atoms with Crippen LogP contribution in [0, 0.1) is 0 Å². The first-order valence-electron chi connectivity index (χ1n) is 34.4. The van der Waals surface area contributed by atoms with Gasteiger partial charge in [-0.3, -0.25) is 24.0 Å². The van der Waals surface area contributed by atoms with E-state index in [0.29, 0.717) is 67.1 Å². The molecule has 1 aliphatic heterocycles. The molecular weight excluding hydrogens is 1370 g/mol. The second-order valence-electron chi connectivity index (χ2n) is 25.5. The number of aromatic hydroxyl groups is 1. The van der Waals surface area contributed by atoms with E-state index in [1.165, 1.54) is 31.2 Å². The van der Waals surface area contributed by atoms with Gasteiger partial charge in [0.1, 0.15) is 63.8 Å². The van der Waals surface area contributed by atoms with Crippen LogP contribution in [0.25, 0.3) is 11.1 Å². The fourth-order valence-corrected chi connectivity index (χ4v) is 11.3. The number of phenolic OH excluding ortho intramolecular Hbond substituents is 1. The molecule has 9 aromatic carbocycles. The van der Waals surface area contributed by atoms with E-state index in [1.807, 2.05) is 54.6 Å². The van der Waals surface area contributed by atoms with Gasteiger partial charge in [-0.25, -0.2) is 19.2 Å². The van der Waals surface area contributed by atoms with E-state index < -0.39 is 83.8 Å². The van der Waals surface area contributed by atoms with Crippen molar-refractivity contribution in [2.75, 3.05) is 0 Å². The standard InChI is InChI=1S/C83H80N4O20/c1-53(88)104-71-36-32-61(45-74(71)105-54(2)89)43-68(79(94)100-49-57-23-13-7-14-24-57)84-77(92)66(34-38-76(91)99-48-56-21-11-6-12-22-56)86-81(96)103-52-63-28-18-30-65(40-63)64-29-17-27-62(39-64)51-101-80(95)69(42-59-31-35-70(90)73(44-59)98-47-55-19-9-5-10-20-55)85-78(93)67(87-82(97)102-50-58-25-15-8-16-26-58)41-60-33-37-72-75(46-60)107-83(3,4)106-72/h5-33,35-37,39-40,44-46,66-69,90H,34,38,41-43,47-52H2,1-4H3,(H,84,92)(H,85,93)(H,86,96)(H,87,97)/t66-,67-,68-,69-/m0/s1. The highest BCUT2D eigenvalue weighted by atomic mass is 16.7. The van der Waals surface area contributed by atoms with Crippen molar-refractivity contribution in [2.45, 2.75) is 129 Å². The van der Waals surface area contributed by atoms with Gasteiger partial charge in [-0.15, -0.1) is 0 Å². The van der Waals surface area contributed by atoms with Crippen LogP contribution in [0.15, 0.2) is 224 Å². The van der Waals surface area contributed by atoms with Crippen LogP contribution >= 0.6 is 0 Å². The first-order chi connectivity index (χ1) is 51.6. The lowest BCUT2D eigenvalue weighted by Gasteiger charge is -2.23. The summed E-state index contributed by atoms with van der Waals surface area (Å²) in [5.41, 5.74) is 6.67. The molecule has 0 unspecified atom stereocenters. The first kappa shape index (κ1) is 76.6. The Morgan fingerprint density at radius 3 is 1.33 bits per heavy atom. The number of benzene rings is 9. The average Bonchev–Trinajstić information content (AvgIpc) is 1.67. The highest BCUT2D eigenvalue weighted by Crippen LogP contribution is 2.40. The predicted octanol–water partition coefficient (Wildman–Crippen LogP) is 11.9. The topological polar surface area (TPSA) is 314 Å². The van der Waals surface area contributed by atoms with Crippen molar-refractivity contribution < 1.29 is 95.6 Å². The minimum atomic E-state index is -1.50. The van der Waals surface area contributed by atoms with E-state index in [0.717, 1.165) is 12.5 Å². The van der Waals surface area contributed by atoms with E-state index in [-0.39, 0.29) is 94.7 Å². The molecule has 0 aromatic heterocycles. The summed E-state index contributed by atoms with van der Waals surface area (Å²) in [6.07, 6.45) is -3.14. The number of alkyl carbamates (subject to hydrolysis) is 2. The van der Waals surface area contributed by atoms with E-state index in [2.05, 4.69) is 21.3 Å². The fraction of sp³-hybridized carbons (Fsp3) is 0.241. The Morgan fingerprint density at radius 1 is 0.374 bits per heavy atom. The zero-order valence-corrected chi connectivity index (χ0v) is 59.2. The highest BCUT2D eigenvalue weighted by Gasteiger charge is 2.35. The molecule has 552 valence electrons. The van der Waals surface area contributed by atoms with E-state index >= 15 is 0 Å². The van der Waals surface area contributed by atoms with Crippen LogP contribution < -0.4 is 45.0 Å². The van der Waals surface area contributed by atoms with Gasteiger partial charge in [-0.2, -0.15) is 0 Å². The van der Waals surface area contributed by atoms with Crippen molar-refractivity contribution in [2.24, 2.45) is 0 Å². The molecule has 0 aliphatic carbocycles. The number of carbonyl (C=O) groups excluding carboxylic acids is 9. The third-order valence-corrected chi connectivity index (χ3v) is 16.5. The smallest absolute Gasteiger partial charge is 0.408 e. The van der Waals surface area contributed by atoms with Crippen LogP contribution in [-0.4, -0.2) is 88.9 Å². The zero-order valence-electron chi connectivity index (χ0n) is 59.2. The maximum absolute atomic E-state index is 14.8. The number of carbonyl (C=O) groups is 9. The summed E-state index contributed by atoms with van der Waals surface area (Å²) in [6, 6.07) is 58.4. The monoisotopic (exact) mass is 1450 g/mol. The number of hydrogen-bond donors (Lipinski definition) is 5. The summed E-state index contributed by atoms with van der Waals surface area (Å²) >= 11 is 0. The van der Waals surface area contributed by atoms with Crippen LogP contribution in [0.1, 0.15) is 90.6 Å². The Labute approximate surface area is 617 Å². The quantitative estimate of drug-likeness (QED) is 0.0145. The summed E-state index contributed by atoms with van der Waals surface area (Å²) < 4.78 is 56.9. The molecule has 10 rings (SSSR count). The Balaban J connectivity index is 0.836. The van der Waals surface area contributed by atoms with Crippen LogP contribution in [0.3, 0.4) is 0 Å². The molecule has 24 heteroatoms. The minimum absolute atomic E-state index is 0.0640. The molecule has 24 nitrogen and oxygen atoms in total. The molecule has 0 fully saturated rings. The van der Waals surface area contributed by atoms with Crippen LogP contribution in [0.5, 0.6) is 34.5 Å². The molecule has 107 heavy (non-hydrogen) atoms. The molecule has 4 atom stereocenters. The molecule has 5 N–H and O–H groups in total. The number of phenols is 1. The van der Waals surface area contributed by atoms with E-state index in [4.69, 9.17) is 47.4 Å². The highest BCUT2D eigenvalue weighted by molar-refractivity contribution is 5.91. The molecule has 0 saturated carbocycles. The normalized spacial score (nSPS) is 12.8. The number of amides is 4. The molecule has 0 spiro atoms. The molecule has 1 heterocycles. The molecule has 0 radical (unpaired) electrons. The van der Waals surface area contributed by atoms with Gasteiger partial charge in [0.15, 0.2) is 34.5 Å². The Hall–Kier alpha value is -13.0. The lowest BCUT2D eigenvalue weighted by molar-refractivity contribution is -0.149. The van der Waals surface area contributed by atoms with Crippen LogP contribution in [0.4, 0.5) is 9.59 Å². The van der Waals surface area contributed by atoms with Crippen molar-refractivity contribution in [3.05, 3.63) is 275 Å². The van der Waals surface area contributed by atoms with Crippen molar-refractivity contribution in [1.82, 2.24) is 21.3 Å². The van der Waals surface area contributed by atoms with Crippen molar-refractivity contribution in [3.63, 3.8) is 0 Å². The summed E-state index contributed by atoms with van der Waals surface area (Å²) in [6.45, 7) is 5.02. The minimum Gasteiger partial charge on any atom is -0.504 e. The summed E-state index contributed by atoms with van der Waals surface area (Å²) in [5.74, 6) is -5.77. The van der Waals surface area contributed by atoms with Crippen molar-refractivity contribution in [1.29, 1.82) is 0 Å². The number of rotatable bonds is 33. The lowest BCUT2D eigenvalue weighted by Crippen LogP contribution is -2.53. The fourth-order valence-electron chi connectivity index (χ4n) is 11.3. The summed E-state index contributed by atoms with van der Waals surface area (Å²) in [7, 11) is 0. The van der Waals surface area contributed by atoms with Gasteiger partial charge < -0.3 is 73.7 Å². The summed E-state index contributed by atoms with van der Waals surface area (Å²) in [5, 5.41) is 21.7. The van der Waals surface area contributed by atoms with Gasteiger partial charge in [-0.05, 0) is 116 Å². The number of ether oxygens (including phenoxy) is 10. The summed E-state index contributed by atoms with van der Waals surface area (Å²) in [4.78, 5) is 123. The number of nitrogens with one attached hydrogen (secondary N) is 4. The van der Waals surface area contributed by atoms with Gasteiger partial charge in [0, 0.05) is 53.4 Å². The average molecular weight is 1450 g/mol.